The number of aliphatic hydroxyl groups excluding tert-OH is 2. The Morgan fingerprint density at radius 2 is 2.03 bits per heavy atom. The van der Waals surface area contributed by atoms with Gasteiger partial charge in [-0.05, 0) is 69.8 Å². The molecule has 0 aromatic carbocycles. The van der Waals surface area contributed by atoms with Crippen LogP contribution >= 0.6 is 0 Å². The van der Waals surface area contributed by atoms with E-state index in [1.54, 1.807) is 0 Å². The van der Waals surface area contributed by atoms with Gasteiger partial charge in [0.25, 0.3) is 0 Å². The second kappa shape index (κ2) is 9.32. The molecule has 164 valence electrons. The van der Waals surface area contributed by atoms with Crippen LogP contribution in [0.5, 0.6) is 0 Å². The molecule has 1 aliphatic heterocycles. The number of fused-ring (bicyclic) bond motifs is 1. The van der Waals surface area contributed by atoms with Gasteiger partial charge in [-0.25, -0.2) is 0 Å². The van der Waals surface area contributed by atoms with Gasteiger partial charge in [0.2, 0.25) is 0 Å². The maximum Gasteiger partial charge on any atom is 0.311 e. The third kappa shape index (κ3) is 5.31. The van der Waals surface area contributed by atoms with Crippen LogP contribution in [-0.2, 0) is 14.3 Å². The molecule has 0 saturated carbocycles. The van der Waals surface area contributed by atoms with E-state index >= 15 is 0 Å². The predicted octanol–water partition coefficient (Wildman–Crippen LogP) is 4.13. The van der Waals surface area contributed by atoms with Gasteiger partial charge in [0.05, 0.1) is 17.6 Å². The van der Waals surface area contributed by atoms with E-state index in [1.807, 2.05) is 20.8 Å². The SMILES string of the molecule is CCC(C)(C)C(=O)O[C@H]1CCC=C2C=C[C@H](C)[C@H](CC[C@@H]3C[C@@H](O)CC(O)O3)[C@H]21. The molecule has 5 heteroatoms. The molecule has 2 N–H and O–H groups in total. The fraction of sp³-hybridized carbons (Fsp3) is 0.792. The van der Waals surface area contributed by atoms with E-state index in [2.05, 4.69) is 25.2 Å². The molecule has 1 unspecified atom stereocenters. The molecule has 1 heterocycles. The van der Waals surface area contributed by atoms with Crippen molar-refractivity contribution >= 4 is 5.97 Å². The van der Waals surface area contributed by atoms with Crippen LogP contribution < -0.4 is 0 Å². The van der Waals surface area contributed by atoms with Crippen LogP contribution in [0.2, 0.25) is 0 Å². The lowest BCUT2D eigenvalue weighted by molar-refractivity contribution is -0.191. The Hall–Kier alpha value is -1.17. The normalized spacial score (nSPS) is 37.6. The summed E-state index contributed by atoms with van der Waals surface area (Å²) in [6.07, 6.45) is 10.3. The topological polar surface area (TPSA) is 76.0 Å². The second-order valence-corrected chi connectivity index (χ2v) is 9.79. The number of carbonyl (C=O) groups excluding carboxylic acids is 1. The molecular formula is C24H38O5. The van der Waals surface area contributed by atoms with Crippen molar-refractivity contribution in [3.63, 3.8) is 0 Å². The quantitative estimate of drug-likeness (QED) is 0.649. The van der Waals surface area contributed by atoms with Crippen LogP contribution in [0.25, 0.3) is 0 Å². The first-order valence-electron chi connectivity index (χ1n) is 11.3. The number of carbonyl (C=O) groups is 1. The molecule has 0 aromatic heterocycles. The van der Waals surface area contributed by atoms with Gasteiger partial charge in [0.1, 0.15) is 6.10 Å². The van der Waals surface area contributed by atoms with E-state index in [9.17, 15) is 15.0 Å². The number of aliphatic hydroxyl groups is 2. The highest BCUT2D eigenvalue weighted by Gasteiger charge is 2.42. The lowest BCUT2D eigenvalue weighted by Gasteiger charge is -2.43. The van der Waals surface area contributed by atoms with E-state index in [0.29, 0.717) is 24.7 Å². The summed E-state index contributed by atoms with van der Waals surface area (Å²) in [4.78, 5) is 12.8. The minimum atomic E-state index is -0.873. The lowest BCUT2D eigenvalue weighted by Crippen LogP contribution is -2.42. The van der Waals surface area contributed by atoms with E-state index in [0.717, 1.165) is 32.1 Å². The summed E-state index contributed by atoms with van der Waals surface area (Å²) >= 11 is 0. The first-order valence-corrected chi connectivity index (χ1v) is 11.3. The number of allylic oxidation sites excluding steroid dienone is 3. The number of hydrogen-bond acceptors (Lipinski definition) is 5. The highest BCUT2D eigenvalue weighted by atomic mass is 16.6. The molecule has 3 rings (SSSR count). The molecule has 29 heavy (non-hydrogen) atoms. The number of esters is 1. The van der Waals surface area contributed by atoms with Crippen LogP contribution in [-0.4, -0.2) is 40.8 Å². The van der Waals surface area contributed by atoms with Gasteiger partial charge in [-0.1, -0.05) is 32.1 Å². The van der Waals surface area contributed by atoms with Crippen molar-refractivity contribution in [2.75, 3.05) is 0 Å². The van der Waals surface area contributed by atoms with Gasteiger partial charge >= 0.3 is 5.97 Å². The average molecular weight is 407 g/mol. The Morgan fingerprint density at radius 3 is 2.72 bits per heavy atom. The van der Waals surface area contributed by atoms with Crippen LogP contribution in [0.3, 0.4) is 0 Å². The van der Waals surface area contributed by atoms with Gasteiger partial charge in [-0.3, -0.25) is 4.79 Å². The lowest BCUT2D eigenvalue weighted by atomic mass is 9.66. The molecule has 0 aromatic rings. The van der Waals surface area contributed by atoms with E-state index in [1.165, 1.54) is 5.57 Å². The van der Waals surface area contributed by atoms with Crippen molar-refractivity contribution in [3.05, 3.63) is 23.8 Å². The molecule has 1 fully saturated rings. The molecule has 3 aliphatic rings. The zero-order valence-electron chi connectivity index (χ0n) is 18.3. The van der Waals surface area contributed by atoms with Crippen LogP contribution in [0.15, 0.2) is 23.8 Å². The second-order valence-electron chi connectivity index (χ2n) is 9.79. The molecule has 0 radical (unpaired) electrons. The third-order valence-corrected chi connectivity index (χ3v) is 7.22. The van der Waals surface area contributed by atoms with Crippen molar-refractivity contribution in [3.8, 4) is 0 Å². The highest BCUT2D eigenvalue weighted by molar-refractivity contribution is 5.76. The Morgan fingerprint density at radius 1 is 1.28 bits per heavy atom. The number of hydrogen-bond donors (Lipinski definition) is 2. The summed E-state index contributed by atoms with van der Waals surface area (Å²) < 4.78 is 11.7. The molecule has 2 aliphatic carbocycles. The summed E-state index contributed by atoms with van der Waals surface area (Å²) in [7, 11) is 0. The first kappa shape index (κ1) is 22.5. The maximum atomic E-state index is 12.8. The average Bonchev–Trinajstić information content (AvgIpc) is 2.66. The Labute approximate surface area is 175 Å². The fourth-order valence-corrected chi connectivity index (χ4v) is 4.93. The molecule has 7 atom stereocenters. The summed E-state index contributed by atoms with van der Waals surface area (Å²) in [5, 5.41) is 19.8. The zero-order valence-corrected chi connectivity index (χ0v) is 18.3. The van der Waals surface area contributed by atoms with E-state index in [4.69, 9.17) is 9.47 Å². The summed E-state index contributed by atoms with van der Waals surface area (Å²) in [5.41, 5.74) is 0.825. The van der Waals surface area contributed by atoms with E-state index < -0.39 is 17.8 Å². The molecular weight excluding hydrogens is 368 g/mol. The molecule has 5 nitrogen and oxygen atoms in total. The van der Waals surface area contributed by atoms with Gasteiger partial charge in [0.15, 0.2) is 6.29 Å². The summed E-state index contributed by atoms with van der Waals surface area (Å²) in [6, 6.07) is 0. The van der Waals surface area contributed by atoms with Gasteiger partial charge in [0, 0.05) is 12.3 Å². The monoisotopic (exact) mass is 406 g/mol. The third-order valence-electron chi connectivity index (χ3n) is 7.22. The highest BCUT2D eigenvalue weighted by Crippen LogP contribution is 2.44. The molecule has 0 amide bonds. The maximum absolute atomic E-state index is 12.8. The first-order chi connectivity index (χ1) is 13.7. The summed E-state index contributed by atoms with van der Waals surface area (Å²) in [6.45, 7) is 8.15. The van der Waals surface area contributed by atoms with Crippen molar-refractivity contribution < 1.29 is 24.5 Å². The van der Waals surface area contributed by atoms with Crippen LogP contribution in [0.4, 0.5) is 0 Å². The Bertz CT molecular complexity index is 627. The minimum Gasteiger partial charge on any atom is -0.461 e. The molecule has 0 bridgehead atoms. The van der Waals surface area contributed by atoms with Gasteiger partial charge in [-0.2, -0.15) is 0 Å². The predicted molar refractivity (Wildman–Crippen MR) is 112 cm³/mol. The van der Waals surface area contributed by atoms with Crippen molar-refractivity contribution in [1.82, 2.24) is 0 Å². The molecule has 1 saturated heterocycles. The largest absolute Gasteiger partial charge is 0.461 e. The summed E-state index contributed by atoms with van der Waals surface area (Å²) in [5.74, 6) is 0.843. The fourth-order valence-electron chi connectivity index (χ4n) is 4.93. The Balaban J connectivity index is 1.71. The van der Waals surface area contributed by atoms with Crippen molar-refractivity contribution in [1.29, 1.82) is 0 Å². The van der Waals surface area contributed by atoms with Crippen LogP contribution in [0.1, 0.15) is 72.6 Å². The molecule has 0 spiro atoms. The number of ether oxygens (including phenoxy) is 2. The van der Waals surface area contributed by atoms with E-state index in [-0.39, 0.29) is 24.1 Å². The smallest absolute Gasteiger partial charge is 0.311 e. The zero-order chi connectivity index (χ0) is 21.2. The standard InChI is InChI=1S/C24H38O5/c1-5-24(3,4)23(27)29-20-8-6-7-16-10-9-15(2)19(22(16)20)12-11-18-13-17(25)14-21(26)28-18/h7,9-10,15,17-22,25-26H,5-6,8,11-14H2,1-4H3/t15-,17+,18+,19-,20-,21?,22-/m0/s1. The van der Waals surface area contributed by atoms with Crippen molar-refractivity contribution in [2.45, 2.75) is 97.2 Å². The van der Waals surface area contributed by atoms with Gasteiger partial charge in [-0.15, -0.1) is 0 Å². The van der Waals surface area contributed by atoms with Crippen molar-refractivity contribution in [2.24, 2.45) is 23.2 Å². The Kier molecular flexibility index (Phi) is 7.23. The minimum absolute atomic E-state index is 0.0887. The van der Waals surface area contributed by atoms with Gasteiger partial charge < -0.3 is 19.7 Å². The number of rotatable bonds is 6. The van der Waals surface area contributed by atoms with Crippen LogP contribution in [0, 0.1) is 23.2 Å².